The van der Waals surface area contributed by atoms with Gasteiger partial charge in [-0.15, -0.1) is 0 Å². The third-order valence-corrected chi connectivity index (χ3v) is 10.5. The van der Waals surface area contributed by atoms with E-state index in [4.69, 9.17) is 0 Å². The second-order valence-corrected chi connectivity index (χ2v) is 12.4. The van der Waals surface area contributed by atoms with Gasteiger partial charge in [0.25, 0.3) is 0 Å². The highest BCUT2D eigenvalue weighted by Crippen LogP contribution is 2.53. The maximum absolute atomic E-state index is 3.96. The van der Waals surface area contributed by atoms with Crippen LogP contribution in [0.3, 0.4) is 0 Å². The molecular weight excluding hydrogens is 476 g/mol. The van der Waals surface area contributed by atoms with Crippen molar-refractivity contribution in [3.8, 4) is 0 Å². The Morgan fingerprint density at radius 1 is 0.615 bits per heavy atom. The van der Waals surface area contributed by atoms with Gasteiger partial charge in [0.1, 0.15) is 0 Å². The van der Waals surface area contributed by atoms with Gasteiger partial charge in [-0.3, -0.25) is 0 Å². The maximum Gasteiger partial charge on any atom is 0.0441 e. The van der Waals surface area contributed by atoms with Crippen molar-refractivity contribution in [1.29, 1.82) is 0 Å². The molecule has 4 aliphatic rings. The lowest BCUT2D eigenvalue weighted by molar-refractivity contribution is 0.288. The largest absolute Gasteiger partial charge is 0.355 e. The van der Waals surface area contributed by atoms with Crippen LogP contribution in [0.4, 0.5) is 0 Å². The van der Waals surface area contributed by atoms with E-state index in [1.54, 1.807) is 11.1 Å². The summed E-state index contributed by atoms with van der Waals surface area (Å²) in [5, 5.41) is 4.86. The summed E-state index contributed by atoms with van der Waals surface area (Å²) < 4.78 is 0. The molecule has 4 aromatic heterocycles. The molecule has 4 N–H and O–H groups in total. The first-order chi connectivity index (χ1) is 19.0. The number of hydrogen-bond donors (Lipinski definition) is 4. The number of fused-ring (bicyclic) bond motifs is 16. The minimum atomic E-state index is 0.770. The van der Waals surface area contributed by atoms with Crippen molar-refractivity contribution in [2.45, 2.75) is 59.8 Å². The summed E-state index contributed by atoms with van der Waals surface area (Å²) in [5.41, 5.74) is 13.4. The van der Waals surface area contributed by atoms with E-state index in [1.807, 2.05) is 0 Å². The van der Waals surface area contributed by atoms with Crippen molar-refractivity contribution >= 4 is 24.3 Å². The van der Waals surface area contributed by atoms with Crippen LogP contribution in [0.15, 0.2) is 24.3 Å². The number of hydrogen-bond acceptors (Lipinski definition) is 0. The molecule has 0 saturated heterocycles. The summed E-state index contributed by atoms with van der Waals surface area (Å²) in [6.07, 6.45) is 20.1. The quantitative estimate of drug-likeness (QED) is 0.258. The molecule has 4 atom stereocenters. The van der Waals surface area contributed by atoms with Crippen molar-refractivity contribution in [3.63, 3.8) is 0 Å². The first-order valence-corrected chi connectivity index (χ1v) is 14.9. The van der Waals surface area contributed by atoms with Crippen molar-refractivity contribution in [3.05, 3.63) is 102 Å². The predicted molar refractivity (Wildman–Crippen MR) is 159 cm³/mol. The maximum atomic E-state index is 3.96. The SMILES string of the molecule is CCc1c(C)/c2[nH]/c1=C\c1[nH]c(c3c1C[C@@H]1[C@H](C3)[C@H]3C=C[C@@H]1C3)/C=c1\[nH]/c(c(C)c1CC)=C\c1ccc([nH]1)\C=2. The highest BCUT2D eigenvalue weighted by atomic mass is 14.8. The van der Waals surface area contributed by atoms with E-state index in [2.05, 4.69) is 96.2 Å². The molecule has 8 rings (SSSR count). The Balaban J connectivity index is 1.44. The van der Waals surface area contributed by atoms with Crippen LogP contribution < -0.4 is 21.4 Å². The van der Waals surface area contributed by atoms with Crippen molar-refractivity contribution < 1.29 is 0 Å². The number of nitrogens with one attached hydrogen (secondary N) is 4. The Hall–Kier alpha value is -3.66. The Labute approximate surface area is 229 Å². The van der Waals surface area contributed by atoms with E-state index in [0.717, 1.165) is 47.9 Å². The molecule has 5 heterocycles. The Bertz CT molecular complexity index is 1780. The standard InChI is InChI=1S/C35H38N4/c1-5-24-18(3)30-12-22-9-10-23(36-22)13-31-19(4)25(6-2)33(38-31)17-35-29-15-27-21-8-7-20(11-21)26(27)14-28(29)34(39-35)16-32(24)37-30/h7-10,12-13,16-17,20-21,26-27,36-39H,5-6,11,14-15H2,1-4H3/b22-12?,23-13?,30-12-,31-13-,32-16-,33-17-,34-16?,35-17?/t20-,21+,26+,27-. The third kappa shape index (κ3) is 3.43. The van der Waals surface area contributed by atoms with Crippen LogP contribution in [0, 0.1) is 37.5 Å². The van der Waals surface area contributed by atoms with Crippen LogP contribution in [-0.4, -0.2) is 19.9 Å². The highest BCUT2D eigenvalue weighted by Gasteiger charge is 2.47. The lowest BCUT2D eigenvalue weighted by Gasteiger charge is -2.33. The topological polar surface area (TPSA) is 63.2 Å². The summed E-state index contributed by atoms with van der Waals surface area (Å²) in [6.45, 7) is 9.06. The number of rotatable bonds is 2. The van der Waals surface area contributed by atoms with Crippen molar-refractivity contribution in [2.24, 2.45) is 23.7 Å². The normalized spacial score (nSPS) is 27.5. The van der Waals surface area contributed by atoms with Gasteiger partial charge in [0, 0.05) is 44.2 Å². The molecule has 0 spiro atoms. The summed E-state index contributed by atoms with van der Waals surface area (Å²) in [7, 11) is 0. The van der Waals surface area contributed by atoms with Gasteiger partial charge in [0.2, 0.25) is 0 Å². The van der Waals surface area contributed by atoms with E-state index in [1.165, 1.54) is 74.3 Å². The first kappa shape index (κ1) is 23.2. The van der Waals surface area contributed by atoms with Crippen LogP contribution in [0.5, 0.6) is 0 Å². The van der Waals surface area contributed by atoms with E-state index in [-0.39, 0.29) is 0 Å². The first-order valence-electron chi connectivity index (χ1n) is 14.9. The molecule has 0 radical (unpaired) electrons. The lowest BCUT2D eigenvalue weighted by atomic mass is 9.71. The molecule has 39 heavy (non-hydrogen) atoms. The predicted octanol–water partition coefficient (Wildman–Crippen LogP) is 3.91. The second kappa shape index (κ2) is 8.42. The van der Waals surface area contributed by atoms with Crippen LogP contribution in [0.2, 0.25) is 0 Å². The minimum absolute atomic E-state index is 0.770. The zero-order valence-electron chi connectivity index (χ0n) is 23.5. The molecule has 0 aromatic carbocycles. The highest BCUT2D eigenvalue weighted by molar-refractivity contribution is 5.64. The number of aromatic amines is 4. The van der Waals surface area contributed by atoms with Gasteiger partial charge in [-0.2, -0.15) is 0 Å². The van der Waals surface area contributed by atoms with Crippen molar-refractivity contribution in [2.75, 3.05) is 0 Å². The molecule has 4 heteroatoms. The van der Waals surface area contributed by atoms with E-state index in [0.29, 0.717) is 0 Å². The Kier molecular flexibility index (Phi) is 5.02. The summed E-state index contributed by atoms with van der Waals surface area (Å²) >= 11 is 0. The Morgan fingerprint density at radius 2 is 1.10 bits per heavy atom. The summed E-state index contributed by atoms with van der Waals surface area (Å²) in [5.74, 6) is 3.12. The summed E-state index contributed by atoms with van der Waals surface area (Å²) in [6, 6.07) is 4.36. The number of aromatic nitrogens is 4. The average Bonchev–Trinajstić information content (AvgIpc) is 3.77. The van der Waals surface area contributed by atoms with E-state index < -0.39 is 0 Å². The van der Waals surface area contributed by atoms with E-state index in [9.17, 15) is 0 Å². The monoisotopic (exact) mass is 514 g/mol. The van der Waals surface area contributed by atoms with Crippen LogP contribution in [0.25, 0.3) is 24.3 Å². The van der Waals surface area contributed by atoms with E-state index >= 15 is 0 Å². The lowest BCUT2D eigenvalue weighted by Crippen LogP contribution is -2.28. The third-order valence-electron chi connectivity index (χ3n) is 10.5. The Morgan fingerprint density at radius 3 is 1.56 bits per heavy atom. The smallest absolute Gasteiger partial charge is 0.0441 e. The van der Waals surface area contributed by atoms with Crippen LogP contribution in [0.1, 0.15) is 76.4 Å². The molecule has 0 amide bonds. The molecule has 4 aromatic rings. The number of H-pyrrole nitrogens is 4. The molecule has 0 unspecified atom stereocenters. The molecule has 1 fully saturated rings. The molecule has 10 bridgehead atoms. The zero-order valence-corrected chi connectivity index (χ0v) is 23.5. The average molecular weight is 515 g/mol. The second-order valence-electron chi connectivity index (χ2n) is 12.4. The van der Waals surface area contributed by atoms with Gasteiger partial charge in [-0.25, -0.2) is 0 Å². The van der Waals surface area contributed by atoms with Gasteiger partial charge in [0.15, 0.2) is 0 Å². The van der Waals surface area contributed by atoms with Gasteiger partial charge in [-0.1, -0.05) is 26.0 Å². The molecule has 4 nitrogen and oxygen atoms in total. The molecular formula is C35H38N4. The molecule has 1 saturated carbocycles. The molecule has 1 aliphatic heterocycles. The fourth-order valence-electron chi connectivity index (χ4n) is 8.44. The zero-order chi connectivity index (χ0) is 26.4. The minimum Gasteiger partial charge on any atom is -0.355 e. The van der Waals surface area contributed by atoms with Crippen LogP contribution >= 0.6 is 0 Å². The molecule has 198 valence electrons. The van der Waals surface area contributed by atoms with Gasteiger partial charge in [-0.05, 0) is 139 Å². The van der Waals surface area contributed by atoms with Gasteiger partial charge in [0.05, 0.1) is 0 Å². The summed E-state index contributed by atoms with van der Waals surface area (Å²) in [4.78, 5) is 15.2. The van der Waals surface area contributed by atoms with Crippen LogP contribution in [-0.2, 0) is 25.7 Å². The molecule has 3 aliphatic carbocycles. The van der Waals surface area contributed by atoms with Gasteiger partial charge < -0.3 is 19.9 Å². The van der Waals surface area contributed by atoms with Gasteiger partial charge >= 0.3 is 0 Å². The fraction of sp³-hybridized carbons (Fsp3) is 0.371. The number of allylic oxidation sites excluding steroid dienone is 2. The fourth-order valence-corrected chi connectivity index (χ4v) is 8.44. The van der Waals surface area contributed by atoms with Crippen molar-refractivity contribution in [1.82, 2.24) is 19.9 Å².